The molecule has 0 bridgehead atoms. The maximum absolute atomic E-state index is 12.1. The Bertz CT molecular complexity index is 755. The summed E-state index contributed by atoms with van der Waals surface area (Å²) in [7, 11) is 0. The topological polar surface area (TPSA) is 118 Å². The van der Waals surface area contributed by atoms with E-state index in [4.69, 9.17) is 5.73 Å². The summed E-state index contributed by atoms with van der Waals surface area (Å²) in [6.07, 6.45) is -0.0756. The van der Waals surface area contributed by atoms with Crippen molar-refractivity contribution in [3.63, 3.8) is 0 Å². The second kappa shape index (κ2) is 4.52. The van der Waals surface area contributed by atoms with Gasteiger partial charge < -0.3 is 15.8 Å². The van der Waals surface area contributed by atoms with E-state index in [1.807, 2.05) is 0 Å². The average molecular weight is 277 g/mol. The third-order valence-corrected chi connectivity index (χ3v) is 3.15. The summed E-state index contributed by atoms with van der Waals surface area (Å²) in [4.78, 5) is 37.2. The number of amides is 1. The lowest BCUT2D eigenvalue weighted by Crippen LogP contribution is -2.38. The Hall–Kier alpha value is -2.57. The van der Waals surface area contributed by atoms with Gasteiger partial charge in [-0.3, -0.25) is 9.36 Å². The van der Waals surface area contributed by atoms with Crippen molar-refractivity contribution in [1.82, 2.24) is 9.55 Å². The highest BCUT2D eigenvalue weighted by molar-refractivity contribution is 6.01. The number of hydrogen-bond acceptors (Lipinski definition) is 3. The molecule has 0 fully saturated rings. The number of carboxylic acid groups (broad SMARTS) is 1. The molecule has 7 nitrogen and oxygen atoms in total. The third-order valence-electron chi connectivity index (χ3n) is 3.15. The molecule has 1 aromatic heterocycles. The van der Waals surface area contributed by atoms with Crippen LogP contribution in [0.2, 0.25) is 0 Å². The number of H-pyrrole nitrogens is 1. The summed E-state index contributed by atoms with van der Waals surface area (Å²) < 4.78 is 1.27. The number of imidazole rings is 1. The van der Waals surface area contributed by atoms with Gasteiger partial charge in [0.25, 0.3) is 0 Å². The predicted molar refractivity (Wildman–Crippen MR) is 72.7 cm³/mol. The van der Waals surface area contributed by atoms with Crippen LogP contribution in [0.1, 0.15) is 30.6 Å². The molecule has 7 heteroatoms. The van der Waals surface area contributed by atoms with Crippen LogP contribution in [0.5, 0.6) is 0 Å². The molecule has 0 saturated heterocycles. The van der Waals surface area contributed by atoms with Crippen LogP contribution in [0.3, 0.4) is 0 Å². The Labute approximate surface area is 114 Å². The number of rotatable bonds is 4. The molecule has 2 aromatic rings. The molecule has 2 rings (SSSR count). The first-order valence-electron chi connectivity index (χ1n) is 6.00. The molecule has 1 aromatic carbocycles. The number of aromatic carboxylic acids is 1. The first-order valence-corrected chi connectivity index (χ1v) is 6.00. The van der Waals surface area contributed by atoms with Gasteiger partial charge in [0.05, 0.1) is 22.1 Å². The summed E-state index contributed by atoms with van der Waals surface area (Å²) in [5.74, 6) is -1.71. The molecule has 0 aliphatic rings. The average Bonchev–Trinajstić information content (AvgIpc) is 2.62. The zero-order chi connectivity index (χ0) is 15.1. The molecule has 106 valence electrons. The number of benzene rings is 1. The number of carboxylic acids is 1. The first kappa shape index (κ1) is 13.9. The Balaban J connectivity index is 2.82. The van der Waals surface area contributed by atoms with Gasteiger partial charge in [0.15, 0.2) is 0 Å². The molecule has 1 amide bonds. The number of hydrogen-bond donors (Lipinski definition) is 3. The number of aromatic amines is 1. The van der Waals surface area contributed by atoms with Crippen LogP contribution in [-0.2, 0) is 10.3 Å². The minimum absolute atomic E-state index is 0.00149. The van der Waals surface area contributed by atoms with Crippen LogP contribution in [0.4, 0.5) is 0 Å². The van der Waals surface area contributed by atoms with Crippen LogP contribution in [0.15, 0.2) is 23.0 Å². The molecule has 0 radical (unpaired) electrons. The molecule has 4 N–H and O–H groups in total. The fourth-order valence-corrected chi connectivity index (χ4v) is 2.41. The number of nitrogens with two attached hydrogens (primary N) is 1. The largest absolute Gasteiger partial charge is 0.478 e. The van der Waals surface area contributed by atoms with Gasteiger partial charge in [0.1, 0.15) is 0 Å². The first-order chi connectivity index (χ1) is 9.24. The lowest BCUT2D eigenvalue weighted by Gasteiger charge is -2.25. The van der Waals surface area contributed by atoms with Gasteiger partial charge >= 0.3 is 11.7 Å². The summed E-state index contributed by atoms with van der Waals surface area (Å²) in [6.45, 7) is 3.32. The van der Waals surface area contributed by atoms with E-state index < -0.39 is 23.1 Å². The minimum atomic E-state index is -1.14. The maximum Gasteiger partial charge on any atom is 0.337 e. The van der Waals surface area contributed by atoms with E-state index in [1.165, 1.54) is 10.6 Å². The van der Waals surface area contributed by atoms with Crippen molar-refractivity contribution in [1.29, 1.82) is 0 Å². The number of primary amides is 1. The molecule has 20 heavy (non-hydrogen) atoms. The third kappa shape index (κ3) is 2.18. The zero-order valence-electron chi connectivity index (χ0n) is 11.1. The Morgan fingerprint density at radius 2 is 2.05 bits per heavy atom. The van der Waals surface area contributed by atoms with Gasteiger partial charge in [-0.15, -0.1) is 0 Å². The molecule has 0 aliphatic carbocycles. The number of carbonyl (C=O) groups is 2. The molecule has 0 unspecified atom stereocenters. The van der Waals surface area contributed by atoms with Crippen molar-refractivity contribution < 1.29 is 14.7 Å². The van der Waals surface area contributed by atoms with E-state index in [2.05, 4.69) is 4.98 Å². The summed E-state index contributed by atoms with van der Waals surface area (Å²) in [5.41, 5.74) is 4.47. The minimum Gasteiger partial charge on any atom is -0.478 e. The van der Waals surface area contributed by atoms with Crippen molar-refractivity contribution in [2.24, 2.45) is 5.73 Å². The monoisotopic (exact) mass is 277 g/mol. The highest BCUT2D eigenvalue weighted by Gasteiger charge is 2.29. The fraction of sp³-hybridized carbons (Fsp3) is 0.308. The van der Waals surface area contributed by atoms with Gasteiger partial charge in [-0.2, -0.15) is 0 Å². The lowest BCUT2D eigenvalue weighted by atomic mass is 9.99. The summed E-state index contributed by atoms with van der Waals surface area (Å²) in [5, 5.41) is 9.24. The van der Waals surface area contributed by atoms with Crippen LogP contribution in [0, 0.1) is 0 Å². The lowest BCUT2D eigenvalue weighted by molar-refractivity contribution is -0.119. The van der Waals surface area contributed by atoms with Gasteiger partial charge in [-0.05, 0) is 26.0 Å². The Morgan fingerprint density at radius 1 is 1.40 bits per heavy atom. The Morgan fingerprint density at radius 3 is 2.60 bits per heavy atom. The zero-order valence-corrected chi connectivity index (χ0v) is 11.1. The second-order valence-corrected chi connectivity index (χ2v) is 5.23. The van der Waals surface area contributed by atoms with Gasteiger partial charge in [0, 0.05) is 6.42 Å². The second-order valence-electron chi connectivity index (χ2n) is 5.23. The van der Waals surface area contributed by atoms with Crippen molar-refractivity contribution >= 4 is 22.9 Å². The highest BCUT2D eigenvalue weighted by Crippen LogP contribution is 2.25. The summed E-state index contributed by atoms with van der Waals surface area (Å²) in [6, 6.07) is 4.57. The van der Waals surface area contributed by atoms with Gasteiger partial charge in [0.2, 0.25) is 5.91 Å². The van der Waals surface area contributed by atoms with Crippen molar-refractivity contribution in [3.05, 3.63) is 34.2 Å². The number of carbonyl (C=O) groups excluding carboxylic acids is 1. The van der Waals surface area contributed by atoms with E-state index in [9.17, 15) is 19.5 Å². The summed E-state index contributed by atoms with van der Waals surface area (Å²) >= 11 is 0. The van der Waals surface area contributed by atoms with E-state index >= 15 is 0 Å². The van der Waals surface area contributed by atoms with E-state index in [0.717, 1.165) is 0 Å². The molecular weight excluding hydrogens is 262 g/mol. The number of para-hydroxylation sites is 1. The van der Waals surface area contributed by atoms with Crippen molar-refractivity contribution in [3.8, 4) is 0 Å². The fourth-order valence-electron chi connectivity index (χ4n) is 2.41. The number of nitrogens with one attached hydrogen (secondary N) is 1. The van der Waals surface area contributed by atoms with Crippen molar-refractivity contribution in [2.75, 3.05) is 0 Å². The normalized spacial score (nSPS) is 11.7. The standard InChI is InChI=1S/C13H15N3O4/c1-13(2,6-9(14)17)16-10-7(11(18)19)4-3-5-8(10)15-12(16)20/h3-5H,6H2,1-2H3,(H2,14,17)(H,15,20)(H,18,19). The van der Waals surface area contributed by atoms with Gasteiger partial charge in [-0.25, -0.2) is 9.59 Å². The molecule has 0 aliphatic heterocycles. The number of nitrogens with zero attached hydrogens (tertiary/aromatic N) is 1. The molecule has 0 saturated carbocycles. The Kier molecular flexibility index (Phi) is 3.13. The molecule has 0 spiro atoms. The van der Waals surface area contributed by atoms with Crippen molar-refractivity contribution in [2.45, 2.75) is 25.8 Å². The van der Waals surface area contributed by atoms with Gasteiger partial charge in [-0.1, -0.05) is 6.07 Å². The number of fused-ring (bicyclic) bond motifs is 1. The number of aromatic nitrogens is 2. The van der Waals surface area contributed by atoms with E-state index in [0.29, 0.717) is 5.52 Å². The quantitative estimate of drug-likeness (QED) is 0.759. The van der Waals surface area contributed by atoms with E-state index in [1.54, 1.807) is 26.0 Å². The predicted octanol–water partition coefficient (Wildman–Crippen LogP) is 0.638. The van der Waals surface area contributed by atoms with Crippen LogP contribution in [-0.4, -0.2) is 26.5 Å². The van der Waals surface area contributed by atoms with Crippen LogP contribution < -0.4 is 11.4 Å². The SMILES string of the molecule is CC(C)(CC(N)=O)n1c(=O)[nH]c2cccc(C(=O)O)c21. The maximum atomic E-state index is 12.1. The van der Waals surface area contributed by atoms with Crippen LogP contribution in [0.25, 0.3) is 11.0 Å². The molecule has 1 heterocycles. The molecule has 0 atom stereocenters. The van der Waals surface area contributed by atoms with Crippen LogP contribution >= 0.6 is 0 Å². The smallest absolute Gasteiger partial charge is 0.337 e. The highest BCUT2D eigenvalue weighted by atomic mass is 16.4. The molecular formula is C13H15N3O4. The van der Waals surface area contributed by atoms with E-state index in [-0.39, 0.29) is 17.5 Å².